The van der Waals surface area contributed by atoms with Gasteiger partial charge in [-0.2, -0.15) is 0 Å². The molecule has 3 aromatic rings. The molecule has 1 aromatic carbocycles. The number of aryl methyl sites for hydroxylation is 1. The molecule has 0 amide bonds. The molecule has 2 heterocycles. The number of aromatic nitrogens is 4. The van der Waals surface area contributed by atoms with Crippen molar-refractivity contribution in [2.45, 2.75) is 64.3 Å². The highest BCUT2D eigenvalue weighted by Gasteiger charge is 2.28. The van der Waals surface area contributed by atoms with E-state index >= 15 is 0 Å². The van der Waals surface area contributed by atoms with E-state index in [9.17, 15) is 14.6 Å². The van der Waals surface area contributed by atoms with Crippen LogP contribution in [0.5, 0.6) is 0 Å². The lowest BCUT2D eigenvalue weighted by Crippen LogP contribution is -2.41. The van der Waals surface area contributed by atoms with Crippen molar-refractivity contribution in [3.05, 3.63) is 35.0 Å². The molecule has 30 heavy (non-hydrogen) atoms. The molecule has 1 aliphatic carbocycles. The molecule has 1 saturated carbocycles. The zero-order chi connectivity index (χ0) is 21.6. The zero-order valence-electron chi connectivity index (χ0n) is 17.1. The van der Waals surface area contributed by atoms with Gasteiger partial charge in [0.2, 0.25) is 5.95 Å². The number of aliphatic hydroxyl groups is 2. The third kappa shape index (κ3) is 3.87. The number of nitrogens with zero attached hydrogens (tertiary/aromatic N) is 4. The van der Waals surface area contributed by atoms with E-state index in [2.05, 4.69) is 20.3 Å². The molecule has 9 heteroatoms. The number of anilines is 1. The fourth-order valence-electron chi connectivity index (χ4n) is 4.16. The fraction of sp³-hybridized carbons (Fsp3) is 0.476. The largest absolute Gasteiger partial charge is 0.393 e. The Balaban J connectivity index is 1.73. The van der Waals surface area contributed by atoms with Crippen LogP contribution in [0.2, 0.25) is 5.02 Å². The number of rotatable bonds is 4. The van der Waals surface area contributed by atoms with Crippen molar-refractivity contribution >= 4 is 28.6 Å². The number of nitrogens with one attached hydrogen (secondary N) is 1. The monoisotopic (exact) mass is 433 g/mol. The van der Waals surface area contributed by atoms with Gasteiger partial charge in [0.05, 0.1) is 40.7 Å². The highest BCUT2D eigenvalue weighted by molar-refractivity contribution is 6.33. The average Bonchev–Trinajstić information content (AvgIpc) is 3.02. The lowest BCUT2D eigenvalue weighted by Gasteiger charge is -2.31. The zero-order valence-corrected chi connectivity index (χ0v) is 17.9. The van der Waals surface area contributed by atoms with E-state index in [1.54, 1.807) is 0 Å². The van der Waals surface area contributed by atoms with Crippen LogP contribution in [0.4, 0.5) is 10.3 Å². The van der Waals surface area contributed by atoms with Gasteiger partial charge in [-0.25, -0.2) is 19.3 Å². The molecule has 2 aromatic heterocycles. The summed E-state index contributed by atoms with van der Waals surface area (Å²) in [6.45, 7) is 5.89. The highest BCUT2D eigenvalue weighted by atomic mass is 35.5. The van der Waals surface area contributed by atoms with Gasteiger partial charge in [-0.05, 0) is 45.7 Å². The van der Waals surface area contributed by atoms with Gasteiger partial charge in [0, 0.05) is 18.0 Å². The summed E-state index contributed by atoms with van der Waals surface area (Å²) in [5.41, 5.74) is 1.92. The summed E-state index contributed by atoms with van der Waals surface area (Å²) in [5.74, 6) is 0.593. The van der Waals surface area contributed by atoms with Crippen molar-refractivity contribution in [1.29, 1.82) is 0 Å². The van der Waals surface area contributed by atoms with Gasteiger partial charge >= 0.3 is 0 Å². The van der Waals surface area contributed by atoms with Crippen LogP contribution < -0.4 is 5.32 Å². The van der Waals surface area contributed by atoms with Crippen LogP contribution in [-0.4, -0.2) is 48.0 Å². The molecule has 1 fully saturated rings. The molecule has 7 nitrogen and oxygen atoms in total. The fourth-order valence-corrected chi connectivity index (χ4v) is 4.36. The van der Waals surface area contributed by atoms with Crippen LogP contribution in [-0.2, 0) is 0 Å². The molecule has 1 unspecified atom stereocenters. The Kier molecular flexibility index (Phi) is 5.65. The predicted molar refractivity (Wildman–Crippen MR) is 114 cm³/mol. The minimum atomic E-state index is -0.700. The number of fused-ring (bicyclic) bond motifs is 1. The number of hydrogen-bond acceptors (Lipinski definition) is 6. The van der Waals surface area contributed by atoms with E-state index in [1.165, 1.54) is 12.3 Å². The van der Waals surface area contributed by atoms with E-state index in [0.29, 0.717) is 52.5 Å². The topological polar surface area (TPSA) is 96.1 Å². The van der Waals surface area contributed by atoms with E-state index in [-0.39, 0.29) is 12.1 Å². The van der Waals surface area contributed by atoms with Crippen LogP contribution in [0.25, 0.3) is 22.3 Å². The van der Waals surface area contributed by atoms with Crippen molar-refractivity contribution < 1.29 is 14.6 Å². The quantitative estimate of drug-likeness (QED) is 0.578. The van der Waals surface area contributed by atoms with Gasteiger partial charge in [-0.15, -0.1) is 0 Å². The Morgan fingerprint density at radius 1 is 1.23 bits per heavy atom. The number of imidazole rings is 1. The first-order chi connectivity index (χ1) is 14.2. The number of aliphatic hydroxyl groups excluding tert-OH is 2. The summed E-state index contributed by atoms with van der Waals surface area (Å²) < 4.78 is 16.8. The van der Waals surface area contributed by atoms with Gasteiger partial charge in [0.15, 0.2) is 5.82 Å². The first kappa shape index (κ1) is 21.0. The van der Waals surface area contributed by atoms with Crippen LogP contribution in [0.3, 0.4) is 0 Å². The van der Waals surface area contributed by atoms with Crippen molar-refractivity contribution in [2.75, 3.05) is 5.32 Å². The smallest absolute Gasteiger partial charge is 0.223 e. The molecule has 3 atom stereocenters. The number of hydrogen-bond donors (Lipinski definition) is 3. The summed E-state index contributed by atoms with van der Waals surface area (Å²) in [4.78, 5) is 13.1. The molecule has 0 spiro atoms. The van der Waals surface area contributed by atoms with E-state index in [0.717, 1.165) is 5.82 Å². The molecule has 3 N–H and O–H groups in total. The molecule has 4 rings (SSSR count). The molecule has 0 aliphatic heterocycles. The molecule has 1 aliphatic rings. The van der Waals surface area contributed by atoms with Crippen LogP contribution in [0.1, 0.15) is 45.0 Å². The minimum absolute atomic E-state index is 0.117. The Labute approximate surface area is 178 Å². The van der Waals surface area contributed by atoms with Crippen LogP contribution in [0, 0.1) is 12.7 Å². The third-order valence-electron chi connectivity index (χ3n) is 5.56. The summed E-state index contributed by atoms with van der Waals surface area (Å²) in [5, 5.41) is 23.3. The Hall–Kier alpha value is -2.29. The second-order valence-corrected chi connectivity index (χ2v) is 8.53. The van der Waals surface area contributed by atoms with Crippen molar-refractivity contribution in [2.24, 2.45) is 0 Å². The third-order valence-corrected chi connectivity index (χ3v) is 5.84. The molecular weight excluding hydrogens is 409 g/mol. The van der Waals surface area contributed by atoms with Crippen molar-refractivity contribution in [3.8, 4) is 11.3 Å². The molecule has 160 valence electrons. The van der Waals surface area contributed by atoms with Gasteiger partial charge in [0.1, 0.15) is 11.3 Å². The van der Waals surface area contributed by atoms with Gasteiger partial charge in [0.25, 0.3) is 0 Å². The molecule has 0 radical (unpaired) electrons. The van der Waals surface area contributed by atoms with Gasteiger partial charge < -0.3 is 20.1 Å². The maximum Gasteiger partial charge on any atom is 0.223 e. The average molecular weight is 434 g/mol. The van der Waals surface area contributed by atoms with Crippen LogP contribution in [0.15, 0.2) is 18.3 Å². The first-order valence-corrected chi connectivity index (χ1v) is 10.5. The maximum absolute atomic E-state index is 14.8. The van der Waals surface area contributed by atoms with Gasteiger partial charge in [-0.1, -0.05) is 11.6 Å². The Morgan fingerprint density at radius 3 is 2.70 bits per heavy atom. The lowest BCUT2D eigenvalue weighted by atomic mass is 9.90. The highest BCUT2D eigenvalue weighted by Crippen LogP contribution is 2.32. The standard InChI is InChI=1S/C21H25ClFN5O2/c1-10(2)28-11(3)25-20-15(23)6-12(7-17(20)28)19-14(22)9-24-21(27-19)26-16-5-4-13(29)8-18(16)30/h6-7,9-10,13,16,18,29-30H,4-5,8H2,1-3H3,(H,24,26,27)/t13-,16+,18?/m0/s1. The molecule has 0 bridgehead atoms. The minimum Gasteiger partial charge on any atom is -0.393 e. The van der Waals surface area contributed by atoms with Crippen molar-refractivity contribution in [1.82, 2.24) is 19.5 Å². The summed E-state index contributed by atoms with van der Waals surface area (Å²) in [6.07, 6.45) is 1.76. The second kappa shape index (κ2) is 8.09. The van der Waals surface area contributed by atoms with Gasteiger partial charge in [-0.3, -0.25) is 0 Å². The lowest BCUT2D eigenvalue weighted by molar-refractivity contribution is 0.0321. The normalized spacial score (nSPS) is 22.1. The van der Waals surface area contributed by atoms with E-state index in [4.69, 9.17) is 11.6 Å². The first-order valence-electron chi connectivity index (χ1n) is 10.1. The van der Waals surface area contributed by atoms with E-state index in [1.807, 2.05) is 31.4 Å². The molecule has 0 saturated heterocycles. The second-order valence-electron chi connectivity index (χ2n) is 8.12. The van der Waals surface area contributed by atoms with Crippen LogP contribution >= 0.6 is 11.6 Å². The number of benzene rings is 1. The Bertz CT molecular complexity index is 1090. The Morgan fingerprint density at radius 2 is 2.00 bits per heavy atom. The molecular formula is C21H25ClFN5O2. The number of halogens is 2. The SMILES string of the molecule is Cc1nc2c(F)cc(-c3nc(N[C@@H]4CC[C@H](O)CC4O)ncc3Cl)cc2n1C(C)C. The van der Waals surface area contributed by atoms with Crippen molar-refractivity contribution in [3.63, 3.8) is 0 Å². The summed E-state index contributed by atoms with van der Waals surface area (Å²) in [6, 6.07) is 3.06. The predicted octanol–water partition coefficient (Wildman–Crippen LogP) is 3.86. The van der Waals surface area contributed by atoms with E-state index < -0.39 is 18.0 Å². The summed E-state index contributed by atoms with van der Waals surface area (Å²) in [7, 11) is 0. The maximum atomic E-state index is 14.8. The summed E-state index contributed by atoms with van der Waals surface area (Å²) >= 11 is 6.35.